The highest BCUT2D eigenvalue weighted by Crippen LogP contribution is 2.47. The Morgan fingerprint density at radius 2 is 2.00 bits per heavy atom. The molecule has 2 aliphatic heterocycles. The summed E-state index contributed by atoms with van der Waals surface area (Å²) in [5.41, 5.74) is 3.08. The summed E-state index contributed by atoms with van der Waals surface area (Å²) in [5.74, 6) is 0.244. The van der Waals surface area contributed by atoms with Crippen LogP contribution in [-0.2, 0) is 21.5 Å². The molecule has 132 valence electrons. The maximum absolute atomic E-state index is 13.3. The van der Waals surface area contributed by atoms with Crippen LogP contribution in [0.5, 0.6) is 0 Å². The summed E-state index contributed by atoms with van der Waals surface area (Å²) in [6, 6.07) is 10.3. The summed E-state index contributed by atoms with van der Waals surface area (Å²) in [6.07, 6.45) is 5.24. The van der Waals surface area contributed by atoms with Crippen molar-refractivity contribution < 1.29 is 13.9 Å². The number of fused-ring (bicyclic) bond motifs is 2. The molecule has 0 aliphatic carbocycles. The molecule has 5 nitrogen and oxygen atoms in total. The number of hydrogen-bond acceptors (Lipinski definition) is 4. The van der Waals surface area contributed by atoms with Gasteiger partial charge in [-0.1, -0.05) is 18.2 Å². The van der Waals surface area contributed by atoms with Crippen LogP contribution in [0.25, 0.3) is 0 Å². The van der Waals surface area contributed by atoms with Crippen LogP contribution in [0.2, 0.25) is 0 Å². The van der Waals surface area contributed by atoms with Crippen molar-refractivity contribution in [2.24, 2.45) is 0 Å². The monoisotopic (exact) mass is 340 g/mol. The van der Waals surface area contributed by atoms with Crippen molar-refractivity contribution in [1.82, 2.24) is 4.90 Å². The van der Waals surface area contributed by atoms with Gasteiger partial charge in [-0.05, 0) is 43.6 Å². The fraction of sp³-hybridized carbons (Fsp3) is 0.450. The van der Waals surface area contributed by atoms with Gasteiger partial charge in [0.25, 0.3) is 0 Å². The molecule has 1 aromatic carbocycles. The first kappa shape index (κ1) is 16.4. The lowest BCUT2D eigenvalue weighted by molar-refractivity contribution is -0.125. The maximum atomic E-state index is 13.3. The molecule has 1 saturated heterocycles. The Bertz CT molecular complexity index is 733. The van der Waals surface area contributed by atoms with E-state index in [2.05, 4.69) is 17.0 Å². The smallest absolute Gasteiger partial charge is 0.237 e. The zero-order chi connectivity index (χ0) is 17.3. The number of benzene rings is 1. The Morgan fingerprint density at radius 1 is 1.20 bits per heavy atom. The summed E-state index contributed by atoms with van der Waals surface area (Å²) < 4.78 is 10.4. The van der Waals surface area contributed by atoms with Crippen LogP contribution < -0.4 is 4.90 Å². The number of hydrogen-bond donors (Lipinski definition) is 0. The number of para-hydroxylation sites is 1. The number of methoxy groups -OCH3 is 1. The third-order valence-corrected chi connectivity index (χ3v) is 5.58. The van der Waals surface area contributed by atoms with E-state index in [1.54, 1.807) is 19.6 Å². The number of amides is 1. The average molecular weight is 340 g/mol. The third kappa shape index (κ3) is 2.77. The minimum Gasteiger partial charge on any atom is -0.472 e. The zero-order valence-corrected chi connectivity index (χ0v) is 14.6. The van der Waals surface area contributed by atoms with Crippen LogP contribution in [0.3, 0.4) is 0 Å². The molecule has 4 rings (SSSR count). The van der Waals surface area contributed by atoms with Gasteiger partial charge in [-0.25, -0.2) is 0 Å². The van der Waals surface area contributed by atoms with Crippen molar-refractivity contribution in [3.8, 4) is 0 Å². The van der Waals surface area contributed by atoms with Crippen molar-refractivity contribution in [2.45, 2.75) is 24.8 Å². The van der Waals surface area contributed by atoms with E-state index < -0.39 is 0 Å². The normalized spacial score (nSPS) is 19.6. The van der Waals surface area contributed by atoms with Gasteiger partial charge in [0.15, 0.2) is 0 Å². The summed E-state index contributed by atoms with van der Waals surface area (Å²) in [7, 11) is 1.68. The fourth-order valence-electron chi connectivity index (χ4n) is 4.22. The molecule has 1 spiro atoms. The van der Waals surface area contributed by atoms with Crippen LogP contribution in [0.4, 0.5) is 5.69 Å². The second-order valence-corrected chi connectivity index (χ2v) is 6.96. The molecular formula is C20H24N2O3. The quantitative estimate of drug-likeness (QED) is 0.840. The Morgan fingerprint density at radius 3 is 2.72 bits per heavy atom. The van der Waals surface area contributed by atoms with Crippen LogP contribution >= 0.6 is 0 Å². The molecule has 0 atom stereocenters. The molecule has 1 amide bonds. The summed E-state index contributed by atoms with van der Waals surface area (Å²) in [6.45, 7) is 3.90. The van der Waals surface area contributed by atoms with Crippen LogP contribution in [-0.4, -0.2) is 44.2 Å². The van der Waals surface area contributed by atoms with Crippen molar-refractivity contribution in [1.29, 1.82) is 0 Å². The first-order valence-electron chi connectivity index (χ1n) is 8.88. The molecule has 1 aromatic heterocycles. The molecule has 2 aliphatic rings. The summed E-state index contributed by atoms with van der Waals surface area (Å²) in [5, 5.41) is 0. The zero-order valence-electron chi connectivity index (χ0n) is 14.6. The number of carbonyl (C=O) groups excluding carboxylic acids is 1. The van der Waals surface area contributed by atoms with E-state index in [0.29, 0.717) is 13.2 Å². The molecule has 0 bridgehead atoms. The predicted octanol–water partition coefficient (Wildman–Crippen LogP) is 2.81. The lowest BCUT2D eigenvalue weighted by Crippen LogP contribution is -2.48. The second-order valence-electron chi connectivity index (χ2n) is 6.96. The topological polar surface area (TPSA) is 45.9 Å². The highest BCUT2D eigenvalue weighted by atomic mass is 16.5. The second kappa shape index (κ2) is 6.65. The van der Waals surface area contributed by atoms with E-state index in [4.69, 9.17) is 9.15 Å². The van der Waals surface area contributed by atoms with Gasteiger partial charge in [0, 0.05) is 31.5 Å². The number of ether oxygens (including phenoxy) is 1. The molecule has 1 fully saturated rings. The van der Waals surface area contributed by atoms with E-state index in [1.807, 2.05) is 23.1 Å². The number of furan rings is 1. The predicted molar refractivity (Wildman–Crippen MR) is 95.6 cm³/mol. The van der Waals surface area contributed by atoms with Gasteiger partial charge in [0.05, 0.1) is 24.5 Å². The SMILES string of the molecule is COCCN1C(=O)C2(CCN(Cc3ccoc3)CC2)c2ccccc21. The lowest BCUT2D eigenvalue weighted by atomic mass is 9.73. The summed E-state index contributed by atoms with van der Waals surface area (Å²) >= 11 is 0. The first-order valence-corrected chi connectivity index (χ1v) is 8.88. The van der Waals surface area contributed by atoms with Gasteiger partial charge >= 0.3 is 0 Å². The van der Waals surface area contributed by atoms with E-state index in [9.17, 15) is 4.79 Å². The van der Waals surface area contributed by atoms with Crippen molar-refractivity contribution in [3.63, 3.8) is 0 Å². The Labute approximate surface area is 148 Å². The van der Waals surface area contributed by atoms with Crippen LogP contribution in [0.1, 0.15) is 24.0 Å². The highest BCUT2D eigenvalue weighted by Gasteiger charge is 2.51. The van der Waals surface area contributed by atoms with Crippen molar-refractivity contribution >= 4 is 11.6 Å². The minimum absolute atomic E-state index is 0.244. The Balaban J connectivity index is 1.54. The number of carbonyl (C=O) groups is 1. The van der Waals surface area contributed by atoms with E-state index in [-0.39, 0.29) is 11.3 Å². The Kier molecular flexibility index (Phi) is 4.36. The molecular weight excluding hydrogens is 316 g/mol. The largest absolute Gasteiger partial charge is 0.472 e. The summed E-state index contributed by atoms with van der Waals surface area (Å²) in [4.78, 5) is 17.6. The van der Waals surface area contributed by atoms with Gasteiger partial charge < -0.3 is 14.1 Å². The first-order chi connectivity index (χ1) is 12.2. The molecule has 5 heteroatoms. The van der Waals surface area contributed by atoms with Gasteiger partial charge in [-0.3, -0.25) is 9.69 Å². The van der Waals surface area contributed by atoms with Crippen LogP contribution in [0, 0.1) is 0 Å². The van der Waals surface area contributed by atoms with Crippen molar-refractivity contribution in [3.05, 3.63) is 54.0 Å². The maximum Gasteiger partial charge on any atom is 0.237 e. The van der Waals surface area contributed by atoms with Crippen molar-refractivity contribution in [2.75, 3.05) is 38.3 Å². The lowest BCUT2D eigenvalue weighted by Gasteiger charge is -2.38. The molecule has 0 saturated carbocycles. The number of piperidine rings is 1. The van der Waals surface area contributed by atoms with E-state index in [1.165, 1.54) is 11.1 Å². The van der Waals surface area contributed by atoms with Gasteiger partial charge in [0.1, 0.15) is 0 Å². The number of nitrogens with zero attached hydrogens (tertiary/aromatic N) is 2. The fourth-order valence-corrected chi connectivity index (χ4v) is 4.22. The standard InChI is InChI=1S/C20H24N2O3/c1-24-13-11-22-18-5-3-2-4-17(18)20(19(22)23)7-9-21(10-8-20)14-16-6-12-25-15-16/h2-6,12,15H,7-11,13-14H2,1H3. The third-order valence-electron chi connectivity index (χ3n) is 5.58. The van der Waals surface area contributed by atoms with Gasteiger partial charge in [0.2, 0.25) is 5.91 Å². The average Bonchev–Trinajstić information content (AvgIpc) is 3.23. The highest BCUT2D eigenvalue weighted by molar-refractivity contribution is 6.08. The minimum atomic E-state index is -0.364. The number of likely N-dealkylation sites (tertiary alicyclic amines) is 1. The van der Waals surface area contributed by atoms with Gasteiger partial charge in [-0.2, -0.15) is 0 Å². The van der Waals surface area contributed by atoms with Crippen LogP contribution in [0.15, 0.2) is 47.3 Å². The van der Waals surface area contributed by atoms with E-state index >= 15 is 0 Å². The number of anilines is 1. The van der Waals surface area contributed by atoms with Gasteiger partial charge in [-0.15, -0.1) is 0 Å². The molecule has 2 aromatic rings. The number of rotatable bonds is 5. The Hall–Kier alpha value is -2.11. The molecule has 25 heavy (non-hydrogen) atoms. The molecule has 0 N–H and O–H groups in total. The molecule has 3 heterocycles. The molecule has 0 radical (unpaired) electrons. The van der Waals surface area contributed by atoms with E-state index in [0.717, 1.165) is 38.2 Å². The molecule has 0 unspecified atom stereocenters.